The molecule has 0 saturated heterocycles. The minimum absolute atomic E-state index is 0.0395. The molecule has 1 atom stereocenters. The van der Waals surface area contributed by atoms with E-state index in [1.165, 1.54) is 19.3 Å². The Bertz CT molecular complexity index is 645. The van der Waals surface area contributed by atoms with E-state index in [1.807, 2.05) is 0 Å². The minimum Gasteiger partial charge on any atom is -0.481 e. The lowest BCUT2D eigenvalue weighted by Gasteiger charge is -2.18. The number of hydrogen-bond acceptors (Lipinski definition) is 3. The maximum Gasteiger partial charge on any atom is 0.306 e. The summed E-state index contributed by atoms with van der Waals surface area (Å²) in [7, 11) is 0. The SMILES string of the molecule is CC/C=C\C/C=C\C/C=C\C/C=C\CCCCC(=O)OC(CCCCCC)CCCCCCCC(=O)O. The summed E-state index contributed by atoms with van der Waals surface area (Å²) in [5.41, 5.74) is 0. The third-order valence-corrected chi connectivity index (χ3v) is 6.32. The van der Waals surface area contributed by atoms with E-state index in [2.05, 4.69) is 62.5 Å². The molecule has 212 valence electrons. The van der Waals surface area contributed by atoms with E-state index in [-0.39, 0.29) is 18.5 Å². The van der Waals surface area contributed by atoms with Gasteiger partial charge in [-0.05, 0) is 77.0 Å². The Kier molecular flexibility index (Phi) is 26.9. The van der Waals surface area contributed by atoms with E-state index in [9.17, 15) is 9.59 Å². The van der Waals surface area contributed by atoms with Crippen LogP contribution in [0.4, 0.5) is 0 Å². The molecule has 0 aliphatic heterocycles. The second-order valence-electron chi connectivity index (χ2n) is 9.91. The Labute approximate surface area is 228 Å². The number of carboxylic acid groups (broad SMARTS) is 1. The zero-order valence-corrected chi connectivity index (χ0v) is 24.0. The van der Waals surface area contributed by atoms with Gasteiger partial charge in [0, 0.05) is 12.8 Å². The molecule has 0 bridgehead atoms. The van der Waals surface area contributed by atoms with Crippen molar-refractivity contribution < 1.29 is 19.4 Å². The van der Waals surface area contributed by atoms with Crippen LogP contribution in [0.15, 0.2) is 48.6 Å². The van der Waals surface area contributed by atoms with E-state index in [0.29, 0.717) is 6.42 Å². The highest BCUT2D eigenvalue weighted by Crippen LogP contribution is 2.17. The van der Waals surface area contributed by atoms with Crippen LogP contribution < -0.4 is 0 Å². The van der Waals surface area contributed by atoms with E-state index in [0.717, 1.165) is 96.3 Å². The van der Waals surface area contributed by atoms with Gasteiger partial charge < -0.3 is 9.84 Å². The molecule has 0 aliphatic carbocycles. The van der Waals surface area contributed by atoms with Crippen LogP contribution in [0.1, 0.15) is 142 Å². The van der Waals surface area contributed by atoms with E-state index in [1.54, 1.807) is 0 Å². The van der Waals surface area contributed by atoms with Gasteiger partial charge in [-0.1, -0.05) is 101 Å². The molecule has 4 heteroatoms. The fourth-order valence-corrected chi connectivity index (χ4v) is 4.11. The first-order valence-corrected chi connectivity index (χ1v) is 15.1. The number of ether oxygens (including phenoxy) is 1. The first-order valence-electron chi connectivity index (χ1n) is 15.1. The fourth-order valence-electron chi connectivity index (χ4n) is 4.11. The van der Waals surface area contributed by atoms with Gasteiger partial charge in [-0.15, -0.1) is 0 Å². The summed E-state index contributed by atoms with van der Waals surface area (Å²) in [6, 6.07) is 0. The zero-order chi connectivity index (χ0) is 27.2. The molecule has 37 heavy (non-hydrogen) atoms. The summed E-state index contributed by atoms with van der Waals surface area (Å²) in [5.74, 6) is -0.760. The second-order valence-corrected chi connectivity index (χ2v) is 9.91. The topological polar surface area (TPSA) is 63.6 Å². The van der Waals surface area contributed by atoms with Gasteiger partial charge in [0.05, 0.1) is 0 Å². The lowest BCUT2D eigenvalue weighted by atomic mass is 10.0. The van der Waals surface area contributed by atoms with Crippen LogP contribution in [-0.4, -0.2) is 23.1 Å². The zero-order valence-electron chi connectivity index (χ0n) is 24.0. The van der Waals surface area contributed by atoms with Crippen molar-refractivity contribution in [3.8, 4) is 0 Å². The number of carbonyl (C=O) groups excluding carboxylic acids is 1. The van der Waals surface area contributed by atoms with Gasteiger partial charge in [-0.25, -0.2) is 0 Å². The van der Waals surface area contributed by atoms with Crippen LogP contribution >= 0.6 is 0 Å². The van der Waals surface area contributed by atoms with Gasteiger partial charge >= 0.3 is 11.9 Å². The van der Waals surface area contributed by atoms with Crippen LogP contribution in [0.25, 0.3) is 0 Å². The lowest BCUT2D eigenvalue weighted by molar-refractivity contribution is -0.150. The number of rotatable bonds is 26. The highest BCUT2D eigenvalue weighted by Gasteiger charge is 2.14. The summed E-state index contributed by atoms with van der Waals surface area (Å²) in [4.78, 5) is 23.0. The van der Waals surface area contributed by atoms with Crippen molar-refractivity contribution in [3.63, 3.8) is 0 Å². The second kappa shape index (κ2) is 28.5. The first kappa shape index (κ1) is 34.9. The Morgan fingerprint density at radius 3 is 1.73 bits per heavy atom. The molecule has 0 fully saturated rings. The van der Waals surface area contributed by atoms with Crippen LogP contribution in [-0.2, 0) is 14.3 Å². The van der Waals surface area contributed by atoms with Crippen molar-refractivity contribution in [2.75, 3.05) is 0 Å². The van der Waals surface area contributed by atoms with Gasteiger partial charge in [0.15, 0.2) is 0 Å². The van der Waals surface area contributed by atoms with Crippen LogP contribution in [0.5, 0.6) is 0 Å². The Morgan fingerprint density at radius 2 is 1.14 bits per heavy atom. The summed E-state index contributed by atoms with van der Waals surface area (Å²) < 4.78 is 5.86. The average molecular weight is 517 g/mol. The van der Waals surface area contributed by atoms with Crippen LogP contribution in [0, 0.1) is 0 Å². The van der Waals surface area contributed by atoms with E-state index >= 15 is 0 Å². The maximum atomic E-state index is 12.4. The minimum atomic E-state index is -0.711. The molecule has 4 nitrogen and oxygen atoms in total. The molecule has 0 radical (unpaired) electrons. The van der Waals surface area contributed by atoms with Crippen molar-refractivity contribution in [1.82, 2.24) is 0 Å². The maximum absolute atomic E-state index is 12.4. The average Bonchev–Trinajstić information content (AvgIpc) is 2.87. The number of esters is 1. The summed E-state index contributed by atoms with van der Waals surface area (Å²) >= 11 is 0. The number of hydrogen-bond donors (Lipinski definition) is 1. The highest BCUT2D eigenvalue weighted by molar-refractivity contribution is 5.69. The summed E-state index contributed by atoms with van der Waals surface area (Å²) in [6.07, 6.45) is 37.0. The lowest BCUT2D eigenvalue weighted by Crippen LogP contribution is -2.18. The van der Waals surface area contributed by atoms with E-state index < -0.39 is 5.97 Å². The molecule has 0 spiro atoms. The first-order chi connectivity index (χ1) is 18.1. The number of carbonyl (C=O) groups is 2. The van der Waals surface area contributed by atoms with Crippen molar-refractivity contribution >= 4 is 11.9 Å². The third kappa shape index (κ3) is 28.3. The molecule has 0 amide bonds. The summed E-state index contributed by atoms with van der Waals surface area (Å²) in [6.45, 7) is 4.36. The summed E-state index contributed by atoms with van der Waals surface area (Å²) in [5, 5.41) is 8.72. The molecule has 1 N–H and O–H groups in total. The molecule has 0 heterocycles. The van der Waals surface area contributed by atoms with Crippen LogP contribution in [0.3, 0.4) is 0 Å². The number of allylic oxidation sites excluding steroid dienone is 8. The standard InChI is InChI=1S/C33H56O4/c1-3-5-7-9-10-11-12-13-14-15-16-17-18-22-26-30-33(36)37-31(27-23-8-6-4-2)28-24-20-19-21-25-29-32(34)35/h5,7,10-11,13-14,16-17,31H,3-4,6,8-9,12,15,18-30H2,1-2H3,(H,34,35)/b7-5-,11-10-,14-13-,17-16-. The highest BCUT2D eigenvalue weighted by atomic mass is 16.5. The molecule has 0 aromatic heterocycles. The van der Waals surface area contributed by atoms with Crippen LogP contribution in [0.2, 0.25) is 0 Å². The number of aliphatic carboxylic acids is 1. The predicted molar refractivity (Wildman–Crippen MR) is 158 cm³/mol. The van der Waals surface area contributed by atoms with Gasteiger partial charge in [-0.2, -0.15) is 0 Å². The van der Waals surface area contributed by atoms with Gasteiger partial charge in [-0.3, -0.25) is 9.59 Å². The molecule has 1 unspecified atom stereocenters. The molecular formula is C33H56O4. The Hall–Kier alpha value is -2.10. The number of unbranched alkanes of at least 4 members (excludes halogenated alkanes) is 9. The van der Waals surface area contributed by atoms with Crippen molar-refractivity contribution in [2.45, 2.75) is 148 Å². The third-order valence-electron chi connectivity index (χ3n) is 6.32. The van der Waals surface area contributed by atoms with Crippen molar-refractivity contribution in [3.05, 3.63) is 48.6 Å². The van der Waals surface area contributed by atoms with Crippen molar-refractivity contribution in [1.29, 1.82) is 0 Å². The van der Waals surface area contributed by atoms with Gasteiger partial charge in [0.2, 0.25) is 0 Å². The quantitative estimate of drug-likeness (QED) is 0.0705. The largest absolute Gasteiger partial charge is 0.481 e. The van der Waals surface area contributed by atoms with Gasteiger partial charge in [0.25, 0.3) is 0 Å². The Balaban J connectivity index is 3.98. The number of carboxylic acids is 1. The van der Waals surface area contributed by atoms with E-state index in [4.69, 9.17) is 9.84 Å². The Morgan fingerprint density at radius 1 is 0.622 bits per heavy atom. The van der Waals surface area contributed by atoms with Crippen molar-refractivity contribution in [2.24, 2.45) is 0 Å². The monoisotopic (exact) mass is 516 g/mol. The molecule has 0 aromatic rings. The molecule has 0 rings (SSSR count). The van der Waals surface area contributed by atoms with Gasteiger partial charge in [0.1, 0.15) is 6.10 Å². The fraction of sp³-hybridized carbons (Fsp3) is 0.697. The molecular weight excluding hydrogens is 460 g/mol. The molecule has 0 aromatic carbocycles. The normalized spacial score (nSPS) is 12.9. The molecule has 0 saturated carbocycles. The predicted octanol–water partition coefficient (Wildman–Crippen LogP) is 10.0. The smallest absolute Gasteiger partial charge is 0.306 e. The molecule has 0 aliphatic rings.